The van der Waals surface area contributed by atoms with E-state index in [2.05, 4.69) is 40.4 Å². The molecule has 0 aliphatic rings. The van der Waals surface area contributed by atoms with Crippen LogP contribution in [-0.2, 0) is 4.79 Å². The Morgan fingerprint density at radius 3 is 2.77 bits per heavy atom. The molecule has 0 aliphatic carbocycles. The van der Waals surface area contributed by atoms with Gasteiger partial charge in [-0.3, -0.25) is 4.79 Å². The van der Waals surface area contributed by atoms with Crippen LogP contribution in [0.1, 0.15) is 38.7 Å². The lowest BCUT2D eigenvalue weighted by Gasteiger charge is -2.17. The topological polar surface area (TPSA) is 83.8 Å². The van der Waals surface area contributed by atoms with Gasteiger partial charge >= 0.3 is 0 Å². The maximum Gasteiger partial charge on any atom is 0.277 e. The number of aromatic nitrogens is 3. The first-order valence-corrected chi connectivity index (χ1v) is 9.50. The highest BCUT2D eigenvalue weighted by atomic mass is 32.2. The first kappa shape index (κ1) is 18.3. The average molecular weight is 370 g/mol. The molecule has 0 aliphatic heterocycles. The highest BCUT2D eigenvalue weighted by Gasteiger charge is 2.20. The molecule has 2 N–H and O–H groups in total. The fourth-order valence-corrected chi connectivity index (χ4v) is 3.21. The van der Waals surface area contributed by atoms with E-state index in [0.29, 0.717) is 17.0 Å². The van der Waals surface area contributed by atoms with Gasteiger partial charge in [0.2, 0.25) is 5.91 Å². The summed E-state index contributed by atoms with van der Waals surface area (Å²) < 4.78 is 5.61. The molecule has 6 nitrogen and oxygen atoms in total. The van der Waals surface area contributed by atoms with Gasteiger partial charge < -0.3 is 14.7 Å². The van der Waals surface area contributed by atoms with Crippen molar-refractivity contribution in [3.05, 3.63) is 48.2 Å². The summed E-state index contributed by atoms with van der Waals surface area (Å²) >= 11 is 1.24. The standard InChI is InChI=1S/C19H22N4O2S/c1-4-12(2)14-8-5-6-9-15(14)21-17(24)13(3)26-19-23-22-18(25-19)16-10-7-11-20-16/h5-13,20H,4H2,1-3H3,(H,21,24)/t12-,13+/m1/s1. The lowest BCUT2D eigenvalue weighted by Crippen LogP contribution is -2.23. The summed E-state index contributed by atoms with van der Waals surface area (Å²) in [5.74, 6) is 0.700. The van der Waals surface area contributed by atoms with Crippen molar-refractivity contribution in [1.82, 2.24) is 15.2 Å². The van der Waals surface area contributed by atoms with E-state index in [1.807, 2.05) is 37.3 Å². The number of H-pyrrole nitrogens is 1. The second-order valence-electron chi connectivity index (χ2n) is 6.10. The Bertz CT molecular complexity index is 860. The number of hydrogen-bond acceptors (Lipinski definition) is 5. The Labute approximate surface area is 156 Å². The molecule has 3 aromatic rings. The zero-order chi connectivity index (χ0) is 18.5. The molecule has 1 aromatic carbocycles. The number of para-hydroxylation sites is 1. The number of amides is 1. The van der Waals surface area contributed by atoms with E-state index in [-0.39, 0.29) is 11.2 Å². The third-order valence-corrected chi connectivity index (χ3v) is 5.18. The second-order valence-corrected chi connectivity index (χ2v) is 7.39. The first-order chi connectivity index (χ1) is 12.6. The average Bonchev–Trinajstić information content (AvgIpc) is 3.33. The summed E-state index contributed by atoms with van der Waals surface area (Å²) in [7, 11) is 0. The zero-order valence-electron chi connectivity index (χ0n) is 15.0. The molecular formula is C19H22N4O2S. The molecule has 3 rings (SSSR count). The van der Waals surface area contributed by atoms with E-state index in [9.17, 15) is 4.79 Å². The second kappa shape index (κ2) is 8.23. The van der Waals surface area contributed by atoms with Crippen LogP contribution in [-0.4, -0.2) is 26.3 Å². The van der Waals surface area contributed by atoms with Gasteiger partial charge in [-0.25, -0.2) is 0 Å². The van der Waals surface area contributed by atoms with E-state index in [1.165, 1.54) is 11.8 Å². The van der Waals surface area contributed by atoms with Crippen molar-refractivity contribution in [1.29, 1.82) is 0 Å². The van der Waals surface area contributed by atoms with E-state index in [4.69, 9.17) is 4.42 Å². The van der Waals surface area contributed by atoms with Crippen LogP contribution in [0.2, 0.25) is 0 Å². The van der Waals surface area contributed by atoms with E-state index >= 15 is 0 Å². The Morgan fingerprint density at radius 1 is 1.23 bits per heavy atom. The monoisotopic (exact) mass is 370 g/mol. The van der Waals surface area contributed by atoms with Gasteiger partial charge in [-0.2, -0.15) is 0 Å². The van der Waals surface area contributed by atoms with Crippen LogP contribution in [0.3, 0.4) is 0 Å². The Balaban J connectivity index is 1.66. The van der Waals surface area contributed by atoms with Crippen LogP contribution in [0.4, 0.5) is 5.69 Å². The molecule has 0 fully saturated rings. The molecule has 2 atom stereocenters. The number of thioether (sulfide) groups is 1. The van der Waals surface area contributed by atoms with E-state index in [1.54, 1.807) is 6.20 Å². The van der Waals surface area contributed by atoms with E-state index in [0.717, 1.165) is 23.4 Å². The molecule has 0 spiro atoms. The molecule has 0 saturated heterocycles. The predicted molar refractivity (Wildman–Crippen MR) is 103 cm³/mol. The highest BCUT2D eigenvalue weighted by Crippen LogP contribution is 2.29. The minimum atomic E-state index is -0.364. The number of hydrogen-bond donors (Lipinski definition) is 2. The summed E-state index contributed by atoms with van der Waals surface area (Å²) in [6.45, 7) is 6.12. The Morgan fingerprint density at radius 2 is 2.04 bits per heavy atom. The summed E-state index contributed by atoms with van der Waals surface area (Å²) in [6, 6.07) is 11.6. The summed E-state index contributed by atoms with van der Waals surface area (Å²) in [4.78, 5) is 15.6. The molecule has 2 heterocycles. The highest BCUT2D eigenvalue weighted by molar-refractivity contribution is 8.00. The SMILES string of the molecule is CC[C@@H](C)c1ccccc1NC(=O)[C@H](C)Sc1nnc(-c2ccc[nH]2)o1. The lowest BCUT2D eigenvalue weighted by molar-refractivity contribution is -0.115. The number of nitrogens with zero attached hydrogens (tertiary/aromatic N) is 2. The fraction of sp³-hybridized carbons (Fsp3) is 0.316. The van der Waals surface area contributed by atoms with Crippen LogP contribution < -0.4 is 5.32 Å². The number of carbonyl (C=O) groups is 1. The van der Waals surface area contributed by atoms with Crippen molar-refractivity contribution < 1.29 is 9.21 Å². The predicted octanol–water partition coefficient (Wildman–Crippen LogP) is 4.70. The smallest absolute Gasteiger partial charge is 0.277 e. The fourth-order valence-electron chi connectivity index (χ4n) is 2.53. The van der Waals surface area contributed by atoms with Gasteiger partial charge in [0.25, 0.3) is 11.1 Å². The first-order valence-electron chi connectivity index (χ1n) is 8.62. The normalized spacial score (nSPS) is 13.3. The third kappa shape index (κ3) is 4.16. The van der Waals surface area contributed by atoms with Gasteiger partial charge in [-0.15, -0.1) is 10.2 Å². The molecule has 136 valence electrons. The quantitative estimate of drug-likeness (QED) is 0.589. The van der Waals surface area contributed by atoms with Crippen molar-refractivity contribution in [3.63, 3.8) is 0 Å². The molecule has 7 heteroatoms. The molecular weight excluding hydrogens is 348 g/mol. The van der Waals surface area contributed by atoms with Gasteiger partial charge in [0.15, 0.2) is 0 Å². The number of benzene rings is 1. The minimum absolute atomic E-state index is 0.0922. The summed E-state index contributed by atoms with van der Waals surface area (Å²) in [6.07, 6.45) is 2.80. The minimum Gasteiger partial charge on any atom is -0.410 e. The van der Waals surface area contributed by atoms with Crippen molar-refractivity contribution in [2.45, 2.75) is 43.6 Å². The van der Waals surface area contributed by atoms with E-state index < -0.39 is 0 Å². The number of anilines is 1. The third-order valence-electron chi connectivity index (χ3n) is 4.24. The Hall–Kier alpha value is -2.54. The zero-order valence-corrected chi connectivity index (χ0v) is 15.8. The van der Waals surface area contributed by atoms with Gasteiger partial charge in [0.05, 0.1) is 5.25 Å². The van der Waals surface area contributed by atoms with Gasteiger partial charge in [0.1, 0.15) is 5.69 Å². The van der Waals surface area contributed by atoms with Gasteiger partial charge in [-0.1, -0.05) is 43.8 Å². The van der Waals surface area contributed by atoms with Crippen molar-refractivity contribution in [2.75, 3.05) is 5.32 Å². The largest absolute Gasteiger partial charge is 0.410 e. The maximum absolute atomic E-state index is 12.6. The molecule has 2 aromatic heterocycles. The molecule has 0 saturated carbocycles. The van der Waals surface area contributed by atoms with Crippen molar-refractivity contribution >= 4 is 23.4 Å². The van der Waals surface area contributed by atoms with Crippen molar-refractivity contribution in [2.24, 2.45) is 0 Å². The number of aromatic amines is 1. The number of carbonyl (C=O) groups excluding carboxylic acids is 1. The van der Waals surface area contributed by atoms with Crippen LogP contribution in [0.5, 0.6) is 0 Å². The maximum atomic E-state index is 12.6. The lowest BCUT2D eigenvalue weighted by atomic mass is 9.97. The van der Waals surface area contributed by atoms with Gasteiger partial charge in [-0.05, 0) is 43.0 Å². The van der Waals surface area contributed by atoms with Crippen LogP contribution in [0.25, 0.3) is 11.6 Å². The number of rotatable bonds is 7. The number of nitrogens with one attached hydrogen (secondary N) is 2. The van der Waals surface area contributed by atoms with Crippen LogP contribution in [0.15, 0.2) is 52.2 Å². The van der Waals surface area contributed by atoms with Crippen molar-refractivity contribution in [3.8, 4) is 11.6 Å². The molecule has 26 heavy (non-hydrogen) atoms. The Kier molecular flexibility index (Phi) is 5.78. The van der Waals surface area contributed by atoms with Gasteiger partial charge in [0, 0.05) is 11.9 Å². The molecule has 0 unspecified atom stereocenters. The molecule has 0 radical (unpaired) electrons. The molecule has 1 amide bonds. The summed E-state index contributed by atoms with van der Waals surface area (Å²) in [5.41, 5.74) is 2.76. The summed E-state index contributed by atoms with van der Waals surface area (Å²) in [5, 5.41) is 11.0. The van der Waals surface area contributed by atoms with Crippen LogP contribution in [0, 0.1) is 0 Å². The molecule has 0 bridgehead atoms. The van der Waals surface area contributed by atoms with Crippen LogP contribution >= 0.6 is 11.8 Å².